The highest BCUT2D eigenvalue weighted by molar-refractivity contribution is 9.11. The molecule has 1 aromatic carbocycles. The lowest BCUT2D eigenvalue weighted by Crippen LogP contribution is -2.13. The minimum Gasteiger partial charge on any atom is -0.486 e. The fourth-order valence-electron chi connectivity index (χ4n) is 0.898. The van der Waals surface area contributed by atoms with E-state index in [1.807, 2.05) is 12.1 Å². The zero-order valence-corrected chi connectivity index (χ0v) is 12.1. The highest BCUT2D eigenvalue weighted by Crippen LogP contribution is 2.28. The molecule has 1 rings (SSSR count). The van der Waals surface area contributed by atoms with Crippen LogP contribution in [0, 0.1) is 10.8 Å². The summed E-state index contributed by atoms with van der Waals surface area (Å²) in [4.78, 5) is 0. The van der Waals surface area contributed by atoms with Crippen molar-refractivity contribution in [2.24, 2.45) is 5.73 Å². The van der Waals surface area contributed by atoms with Crippen LogP contribution < -0.4 is 10.5 Å². The Hall–Kier alpha value is -0.530. The van der Waals surface area contributed by atoms with Crippen molar-refractivity contribution in [2.45, 2.75) is 0 Å². The topological polar surface area (TPSA) is 83.0 Å². The van der Waals surface area contributed by atoms with E-state index in [2.05, 4.69) is 31.9 Å². The molecular formula is C9H9Br2N3OS. The standard InChI is InChI=1S/C9H9Br2N3OS/c10-5-1-2-7(6(11)3-5)15-4-8(12)16-9(13)14/h1-3,12H,4H2,(H3,13,14). The van der Waals surface area contributed by atoms with Gasteiger partial charge in [0.25, 0.3) is 0 Å². The number of nitrogens with one attached hydrogen (secondary N) is 2. The minimum absolute atomic E-state index is 0.102. The van der Waals surface area contributed by atoms with Gasteiger partial charge in [-0.2, -0.15) is 0 Å². The number of amidine groups is 1. The fourth-order valence-corrected chi connectivity index (χ4v) is 2.44. The molecule has 0 aliphatic rings. The SMILES string of the molecule is N=C(N)SC(=N)COc1ccc(Br)cc1Br. The van der Waals surface area contributed by atoms with Crippen LogP contribution in [0.25, 0.3) is 0 Å². The van der Waals surface area contributed by atoms with Crippen LogP contribution in [0.2, 0.25) is 0 Å². The van der Waals surface area contributed by atoms with Crippen LogP contribution in [-0.2, 0) is 0 Å². The van der Waals surface area contributed by atoms with Gasteiger partial charge in [0, 0.05) is 4.47 Å². The molecule has 0 fully saturated rings. The number of rotatable bonds is 3. The van der Waals surface area contributed by atoms with E-state index < -0.39 is 0 Å². The quantitative estimate of drug-likeness (QED) is 0.567. The van der Waals surface area contributed by atoms with Crippen molar-refractivity contribution in [2.75, 3.05) is 6.61 Å². The second kappa shape index (κ2) is 6.27. The second-order valence-corrected chi connectivity index (χ2v) is 5.66. The van der Waals surface area contributed by atoms with Gasteiger partial charge in [0.15, 0.2) is 5.17 Å². The van der Waals surface area contributed by atoms with E-state index in [9.17, 15) is 0 Å². The number of halogens is 2. The average molecular weight is 367 g/mol. The highest BCUT2D eigenvalue weighted by Gasteiger charge is 2.05. The molecule has 0 bridgehead atoms. The largest absolute Gasteiger partial charge is 0.486 e. The smallest absolute Gasteiger partial charge is 0.157 e. The summed E-state index contributed by atoms with van der Waals surface area (Å²) in [6.07, 6.45) is 0. The molecule has 0 saturated carbocycles. The lowest BCUT2D eigenvalue weighted by atomic mass is 10.3. The summed E-state index contributed by atoms with van der Waals surface area (Å²) in [5.74, 6) is 0.650. The van der Waals surface area contributed by atoms with Crippen LogP contribution in [0.5, 0.6) is 5.75 Å². The number of benzene rings is 1. The summed E-state index contributed by atoms with van der Waals surface area (Å²) in [6.45, 7) is 0.102. The van der Waals surface area contributed by atoms with Gasteiger partial charge in [-0.15, -0.1) is 0 Å². The molecule has 1 aromatic rings. The second-order valence-electron chi connectivity index (χ2n) is 2.75. The first kappa shape index (κ1) is 13.5. The first-order valence-electron chi connectivity index (χ1n) is 4.16. The molecule has 4 N–H and O–H groups in total. The maximum atomic E-state index is 7.47. The number of ether oxygens (including phenoxy) is 1. The summed E-state index contributed by atoms with van der Waals surface area (Å²) in [5, 5.41) is 14.6. The van der Waals surface area contributed by atoms with Crippen LogP contribution in [0.15, 0.2) is 27.1 Å². The van der Waals surface area contributed by atoms with Crippen molar-refractivity contribution in [3.05, 3.63) is 27.1 Å². The summed E-state index contributed by atoms with van der Waals surface area (Å²) < 4.78 is 7.14. The molecule has 0 unspecified atom stereocenters. The first-order chi connectivity index (χ1) is 7.49. The highest BCUT2D eigenvalue weighted by atomic mass is 79.9. The molecule has 7 heteroatoms. The molecule has 0 radical (unpaired) electrons. The predicted molar refractivity (Wildman–Crippen MR) is 74.6 cm³/mol. The molecule has 0 aliphatic heterocycles. The number of thioether (sulfide) groups is 1. The molecule has 0 aromatic heterocycles. The van der Waals surface area contributed by atoms with E-state index in [1.165, 1.54) is 0 Å². The van der Waals surface area contributed by atoms with Crippen LogP contribution in [-0.4, -0.2) is 16.8 Å². The molecule has 16 heavy (non-hydrogen) atoms. The summed E-state index contributed by atoms with van der Waals surface area (Å²) in [5.41, 5.74) is 5.15. The zero-order chi connectivity index (χ0) is 12.1. The van der Waals surface area contributed by atoms with Gasteiger partial charge < -0.3 is 10.5 Å². The number of hydrogen-bond donors (Lipinski definition) is 3. The Morgan fingerprint density at radius 2 is 2.06 bits per heavy atom. The summed E-state index contributed by atoms with van der Waals surface area (Å²) >= 11 is 7.56. The Morgan fingerprint density at radius 1 is 1.38 bits per heavy atom. The molecule has 0 atom stereocenters. The molecule has 0 saturated heterocycles. The molecule has 4 nitrogen and oxygen atoms in total. The van der Waals surface area contributed by atoms with Crippen LogP contribution >= 0.6 is 43.6 Å². The lowest BCUT2D eigenvalue weighted by molar-refractivity contribution is 0.376. The summed E-state index contributed by atoms with van der Waals surface area (Å²) in [6, 6.07) is 5.50. The molecule has 86 valence electrons. The third kappa shape index (κ3) is 4.54. The Balaban J connectivity index is 2.54. The Morgan fingerprint density at radius 3 is 2.62 bits per heavy atom. The van der Waals surface area contributed by atoms with E-state index in [4.69, 9.17) is 21.3 Å². The van der Waals surface area contributed by atoms with Crippen LogP contribution in [0.4, 0.5) is 0 Å². The van der Waals surface area contributed by atoms with Gasteiger partial charge in [-0.1, -0.05) is 15.9 Å². The predicted octanol–water partition coefficient (Wildman–Crippen LogP) is 3.19. The van der Waals surface area contributed by atoms with Crippen molar-refractivity contribution in [3.8, 4) is 5.75 Å². The Bertz CT molecular complexity index is 425. The molecular weight excluding hydrogens is 358 g/mol. The minimum atomic E-state index is -0.108. The van der Waals surface area contributed by atoms with E-state index in [1.54, 1.807) is 6.07 Å². The van der Waals surface area contributed by atoms with E-state index in [0.29, 0.717) is 5.75 Å². The van der Waals surface area contributed by atoms with Gasteiger partial charge in [-0.3, -0.25) is 10.8 Å². The Labute approximate surface area is 114 Å². The fraction of sp³-hybridized carbons (Fsp3) is 0.111. The maximum absolute atomic E-state index is 7.47. The molecule has 0 amide bonds. The maximum Gasteiger partial charge on any atom is 0.157 e. The normalized spacial score (nSPS) is 9.88. The van der Waals surface area contributed by atoms with Gasteiger partial charge in [-0.05, 0) is 45.9 Å². The van der Waals surface area contributed by atoms with Crippen LogP contribution in [0.3, 0.4) is 0 Å². The van der Waals surface area contributed by atoms with E-state index in [-0.39, 0.29) is 16.8 Å². The van der Waals surface area contributed by atoms with Crippen LogP contribution in [0.1, 0.15) is 0 Å². The Kier molecular flexibility index (Phi) is 5.30. The molecule has 0 heterocycles. The van der Waals surface area contributed by atoms with E-state index >= 15 is 0 Å². The number of nitrogens with two attached hydrogens (primary N) is 1. The van der Waals surface area contributed by atoms with Gasteiger partial charge in [0.1, 0.15) is 17.4 Å². The third-order valence-electron chi connectivity index (χ3n) is 1.49. The molecule has 0 aliphatic carbocycles. The first-order valence-corrected chi connectivity index (χ1v) is 6.56. The average Bonchev–Trinajstić information content (AvgIpc) is 2.15. The van der Waals surface area contributed by atoms with Gasteiger partial charge >= 0.3 is 0 Å². The van der Waals surface area contributed by atoms with Crippen molar-refractivity contribution < 1.29 is 4.74 Å². The van der Waals surface area contributed by atoms with Crippen molar-refractivity contribution in [1.29, 1.82) is 10.8 Å². The van der Waals surface area contributed by atoms with Gasteiger partial charge in [0.05, 0.1) is 4.47 Å². The van der Waals surface area contributed by atoms with E-state index in [0.717, 1.165) is 20.7 Å². The molecule has 0 spiro atoms. The van der Waals surface area contributed by atoms with Crippen molar-refractivity contribution in [3.63, 3.8) is 0 Å². The van der Waals surface area contributed by atoms with Gasteiger partial charge in [0.2, 0.25) is 0 Å². The summed E-state index contributed by atoms with van der Waals surface area (Å²) in [7, 11) is 0. The zero-order valence-electron chi connectivity index (χ0n) is 8.09. The van der Waals surface area contributed by atoms with Gasteiger partial charge in [-0.25, -0.2) is 0 Å². The monoisotopic (exact) mass is 365 g/mol. The third-order valence-corrected chi connectivity index (χ3v) is 3.18. The van der Waals surface area contributed by atoms with Crippen molar-refractivity contribution in [1.82, 2.24) is 0 Å². The number of hydrogen-bond acceptors (Lipinski definition) is 4. The van der Waals surface area contributed by atoms with Crippen molar-refractivity contribution >= 4 is 53.8 Å². The lowest BCUT2D eigenvalue weighted by Gasteiger charge is -2.08.